The second-order valence-electron chi connectivity index (χ2n) is 5.57. The lowest BCUT2D eigenvalue weighted by Crippen LogP contribution is -2.09. The molecule has 0 aliphatic heterocycles. The zero-order chi connectivity index (χ0) is 17.7. The molecule has 0 aromatic heterocycles. The lowest BCUT2D eigenvalue weighted by Gasteiger charge is -2.14. The summed E-state index contributed by atoms with van der Waals surface area (Å²) in [6.45, 7) is 0. The number of methoxy groups -OCH3 is 3. The fraction of sp³-hybridized carbons (Fsp3) is 0.316. The first kappa shape index (κ1) is 17.7. The Morgan fingerprint density at radius 3 is 1.88 bits per heavy atom. The SMILES string of the molecule is COc1cc(C(=O)Cc2ccc(N(C)C)cc2)cc(OC)c1OC. The smallest absolute Gasteiger partial charge is 0.203 e. The third-order valence-corrected chi connectivity index (χ3v) is 3.80. The molecule has 0 aliphatic rings. The van der Waals surface area contributed by atoms with Crippen LogP contribution in [0.1, 0.15) is 15.9 Å². The van der Waals surface area contributed by atoms with Gasteiger partial charge in [-0.25, -0.2) is 0 Å². The van der Waals surface area contributed by atoms with Gasteiger partial charge in [0, 0.05) is 31.8 Å². The maximum atomic E-state index is 12.6. The molecule has 0 spiro atoms. The van der Waals surface area contributed by atoms with Gasteiger partial charge in [0.1, 0.15) is 0 Å². The number of hydrogen-bond acceptors (Lipinski definition) is 5. The Balaban J connectivity index is 2.26. The first-order valence-electron chi connectivity index (χ1n) is 7.59. The normalized spacial score (nSPS) is 10.2. The van der Waals surface area contributed by atoms with Gasteiger partial charge in [0.25, 0.3) is 0 Å². The van der Waals surface area contributed by atoms with Crippen molar-refractivity contribution < 1.29 is 19.0 Å². The molecule has 2 aromatic rings. The van der Waals surface area contributed by atoms with Crippen molar-refractivity contribution in [3.8, 4) is 17.2 Å². The van der Waals surface area contributed by atoms with E-state index in [9.17, 15) is 4.79 Å². The Morgan fingerprint density at radius 2 is 1.46 bits per heavy atom. The largest absolute Gasteiger partial charge is 0.493 e. The van der Waals surface area contributed by atoms with E-state index >= 15 is 0 Å². The maximum absolute atomic E-state index is 12.6. The van der Waals surface area contributed by atoms with Crippen LogP contribution >= 0.6 is 0 Å². The molecule has 0 radical (unpaired) electrons. The molecule has 5 nitrogen and oxygen atoms in total. The van der Waals surface area contributed by atoms with Crippen LogP contribution in [0.2, 0.25) is 0 Å². The zero-order valence-corrected chi connectivity index (χ0v) is 14.8. The summed E-state index contributed by atoms with van der Waals surface area (Å²) < 4.78 is 15.9. The highest BCUT2D eigenvalue weighted by molar-refractivity contribution is 5.98. The lowest BCUT2D eigenvalue weighted by molar-refractivity contribution is 0.0992. The molecule has 128 valence electrons. The van der Waals surface area contributed by atoms with Crippen LogP contribution in [0, 0.1) is 0 Å². The average molecular weight is 329 g/mol. The first-order valence-corrected chi connectivity index (χ1v) is 7.59. The summed E-state index contributed by atoms with van der Waals surface area (Å²) in [4.78, 5) is 14.6. The summed E-state index contributed by atoms with van der Waals surface area (Å²) in [6, 6.07) is 11.3. The van der Waals surface area contributed by atoms with Gasteiger partial charge in [-0.1, -0.05) is 12.1 Å². The number of ketones is 1. The summed E-state index contributed by atoms with van der Waals surface area (Å²) in [5.74, 6) is 1.42. The fourth-order valence-electron chi connectivity index (χ4n) is 2.44. The van der Waals surface area contributed by atoms with E-state index in [1.54, 1.807) is 12.1 Å². The summed E-state index contributed by atoms with van der Waals surface area (Å²) in [7, 11) is 8.57. The van der Waals surface area contributed by atoms with Crippen LogP contribution < -0.4 is 19.1 Å². The quantitative estimate of drug-likeness (QED) is 0.730. The molecule has 0 unspecified atom stereocenters. The molecular weight excluding hydrogens is 306 g/mol. The average Bonchev–Trinajstić information content (AvgIpc) is 2.60. The molecule has 0 saturated carbocycles. The van der Waals surface area contributed by atoms with E-state index in [2.05, 4.69) is 0 Å². The Hall–Kier alpha value is -2.69. The minimum absolute atomic E-state index is 0.00754. The van der Waals surface area contributed by atoms with Gasteiger partial charge in [-0.15, -0.1) is 0 Å². The third-order valence-electron chi connectivity index (χ3n) is 3.80. The number of ether oxygens (including phenoxy) is 3. The van der Waals surface area contributed by atoms with Crippen molar-refractivity contribution in [3.63, 3.8) is 0 Å². The van der Waals surface area contributed by atoms with Gasteiger partial charge in [-0.05, 0) is 29.8 Å². The van der Waals surface area contributed by atoms with Crippen LogP contribution in [0.3, 0.4) is 0 Å². The fourth-order valence-corrected chi connectivity index (χ4v) is 2.44. The van der Waals surface area contributed by atoms with Crippen LogP contribution in [-0.2, 0) is 6.42 Å². The van der Waals surface area contributed by atoms with Crippen molar-refractivity contribution in [2.24, 2.45) is 0 Å². The topological polar surface area (TPSA) is 48.0 Å². The van der Waals surface area contributed by atoms with Gasteiger partial charge in [0.15, 0.2) is 17.3 Å². The van der Waals surface area contributed by atoms with Gasteiger partial charge in [-0.2, -0.15) is 0 Å². The Morgan fingerprint density at radius 1 is 0.917 bits per heavy atom. The van der Waals surface area contributed by atoms with Crippen molar-refractivity contribution in [2.75, 3.05) is 40.3 Å². The zero-order valence-electron chi connectivity index (χ0n) is 14.8. The number of anilines is 1. The van der Waals surface area contributed by atoms with E-state index in [0.717, 1.165) is 11.3 Å². The van der Waals surface area contributed by atoms with E-state index in [4.69, 9.17) is 14.2 Å². The molecule has 0 fully saturated rings. The van der Waals surface area contributed by atoms with E-state index in [1.165, 1.54) is 21.3 Å². The highest BCUT2D eigenvalue weighted by Gasteiger charge is 2.17. The molecule has 0 saturated heterocycles. The summed E-state index contributed by atoms with van der Waals surface area (Å²) in [5, 5.41) is 0. The molecule has 0 aliphatic carbocycles. The highest BCUT2D eigenvalue weighted by Crippen LogP contribution is 2.38. The van der Waals surface area contributed by atoms with E-state index in [0.29, 0.717) is 29.2 Å². The number of nitrogens with zero attached hydrogens (tertiary/aromatic N) is 1. The number of Topliss-reactive ketones (excluding diaryl/α,β-unsaturated/α-hetero) is 1. The van der Waals surface area contributed by atoms with Crippen LogP contribution in [0.5, 0.6) is 17.2 Å². The molecule has 2 rings (SSSR count). The van der Waals surface area contributed by atoms with Crippen molar-refractivity contribution in [1.82, 2.24) is 0 Å². The van der Waals surface area contributed by atoms with Crippen LogP contribution in [0.15, 0.2) is 36.4 Å². The number of benzene rings is 2. The highest BCUT2D eigenvalue weighted by atomic mass is 16.5. The molecular formula is C19H23NO4. The molecule has 2 aromatic carbocycles. The lowest BCUT2D eigenvalue weighted by atomic mass is 10.0. The van der Waals surface area contributed by atoms with Crippen molar-refractivity contribution in [1.29, 1.82) is 0 Å². The van der Waals surface area contributed by atoms with Crippen molar-refractivity contribution in [3.05, 3.63) is 47.5 Å². The van der Waals surface area contributed by atoms with Crippen LogP contribution in [-0.4, -0.2) is 41.2 Å². The predicted octanol–water partition coefficient (Wildman–Crippen LogP) is 3.20. The molecule has 0 bridgehead atoms. The standard InChI is InChI=1S/C19H23NO4/c1-20(2)15-8-6-13(7-9-15)10-16(21)14-11-17(22-3)19(24-5)18(12-14)23-4/h6-9,11-12H,10H2,1-5H3. The van der Waals surface area contributed by atoms with Crippen molar-refractivity contribution >= 4 is 11.5 Å². The Bertz CT molecular complexity index is 683. The number of rotatable bonds is 7. The first-order chi connectivity index (χ1) is 11.5. The molecule has 0 atom stereocenters. The Labute approximate surface area is 142 Å². The summed E-state index contributed by atoms with van der Waals surface area (Å²) in [6.07, 6.45) is 0.312. The van der Waals surface area contributed by atoms with Crippen LogP contribution in [0.25, 0.3) is 0 Å². The summed E-state index contributed by atoms with van der Waals surface area (Å²) >= 11 is 0. The minimum Gasteiger partial charge on any atom is -0.493 e. The molecule has 0 N–H and O–H groups in total. The molecule has 0 amide bonds. The van der Waals surface area contributed by atoms with E-state index < -0.39 is 0 Å². The molecule has 24 heavy (non-hydrogen) atoms. The monoisotopic (exact) mass is 329 g/mol. The van der Waals surface area contributed by atoms with E-state index in [-0.39, 0.29) is 5.78 Å². The van der Waals surface area contributed by atoms with Gasteiger partial charge in [0.05, 0.1) is 21.3 Å². The van der Waals surface area contributed by atoms with Gasteiger partial charge >= 0.3 is 0 Å². The van der Waals surface area contributed by atoms with Gasteiger partial charge in [-0.3, -0.25) is 4.79 Å². The predicted molar refractivity (Wildman–Crippen MR) is 94.9 cm³/mol. The second kappa shape index (κ2) is 7.73. The number of carbonyl (C=O) groups is 1. The minimum atomic E-state index is -0.00754. The van der Waals surface area contributed by atoms with E-state index in [1.807, 2.05) is 43.3 Å². The molecule has 5 heteroatoms. The van der Waals surface area contributed by atoms with Gasteiger partial charge in [0.2, 0.25) is 5.75 Å². The number of hydrogen-bond donors (Lipinski definition) is 0. The maximum Gasteiger partial charge on any atom is 0.203 e. The number of carbonyl (C=O) groups excluding carboxylic acids is 1. The molecule has 0 heterocycles. The van der Waals surface area contributed by atoms with Gasteiger partial charge < -0.3 is 19.1 Å². The van der Waals surface area contributed by atoms with Crippen LogP contribution in [0.4, 0.5) is 5.69 Å². The second-order valence-corrected chi connectivity index (χ2v) is 5.57. The Kier molecular flexibility index (Phi) is 5.68. The third kappa shape index (κ3) is 3.79. The van der Waals surface area contributed by atoms with Crippen molar-refractivity contribution in [2.45, 2.75) is 6.42 Å². The summed E-state index contributed by atoms with van der Waals surface area (Å²) in [5.41, 5.74) is 2.58.